The molecule has 0 aromatic heterocycles. The van der Waals surface area contributed by atoms with Gasteiger partial charge in [0.25, 0.3) is 0 Å². The normalized spacial score (nSPS) is 17.7. The summed E-state index contributed by atoms with van der Waals surface area (Å²) in [6.07, 6.45) is 14.1. The van der Waals surface area contributed by atoms with Gasteiger partial charge in [-0.3, -0.25) is 0 Å². The summed E-state index contributed by atoms with van der Waals surface area (Å²) in [4.78, 5) is 0. The van der Waals surface area contributed by atoms with E-state index in [2.05, 4.69) is 92.0 Å². The number of hydrogen-bond acceptors (Lipinski definition) is 1. The third-order valence-corrected chi connectivity index (χ3v) is 7.49. The molecule has 3 aromatic rings. The number of benzene rings is 3. The predicted molar refractivity (Wildman–Crippen MR) is 151 cm³/mol. The molecule has 1 nitrogen and oxygen atoms in total. The molecule has 0 amide bonds. The van der Waals surface area contributed by atoms with E-state index in [1.807, 2.05) is 6.08 Å². The lowest BCUT2D eigenvalue weighted by atomic mass is 9.77. The van der Waals surface area contributed by atoms with Crippen LogP contribution in [0.5, 0.6) is 0 Å². The quantitative estimate of drug-likeness (QED) is 0.191. The van der Waals surface area contributed by atoms with Gasteiger partial charge in [-0.25, -0.2) is 0 Å². The molecule has 0 atom stereocenters. The molecule has 0 aliphatic heterocycles. The SMILES string of the molecule is C=CCCC[C@H]1CC[C@H](c2ccc(-c3ccc(-c4ccc(COCCC=C)cc4)cc3)cc2)CC1. The fourth-order valence-corrected chi connectivity index (χ4v) is 5.29. The molecule has 0 saturated heterocycles. The van der Waals surface area contributed by atoms with E-state index in [0.717, 1.165) is 24.9 Å². The average Bonchev–Trinajstić information content (AvgIpc) is 2.92. The lowest BCUT2D eigenvalue weighted by molar-refractivity contribution is 0.125. The molecule has 4 rings (SSSR count). The predicted octanol–water partition coefficient (Wildman–Crippen LogP) is 9.74. The molecule has 1 heteroatoms. The van der Waals surface area contributed by atoms with E-state index in [0.29, 0.717) is 6.61 Å². The van der Waals surface area contributed by atoms with Gasteiger partial charge in [-0.15, -0.1) is 13.2 Å². The van der Waals surface area contributed by atoms with Gasteiger partial charge >= 0.3 is 0 Å². The van der Waals surface area contributed by atoms with E-state index in [1.54, 1.807) is 0 Å². The van der Waals surface area contributed by atoms with E-state index in [-0.39, 0.29) is 0 Å². The van der Waals surface area contributed by atoms with E-state index < -0.39 is 0 Å². The summed E-state index contributed by atoms with van der Waals surface area (Å²) < 4.78 is 5.67. The number of unbranched alkanes of at least 4 members (excludes halogenated alkanes) is 1. The topological polar surface area (TPSA) is 9.23 Å². The molecule has 0 heterocycles. The van der Waals surface area contributed by atoms with Crippen LogP contribution in [0.2, 0.25) is 0 Å². The summed E-state index contributed by atoms with van der Waals surface area (Å²) in [6, 6.07) is 27.0. The van der Waals surface area contributed by atoms with Crippen LogP contribution in [-0.2, 0) is 11.3 Å². The summed E-state index contributed by atoms with van der Waals surface area (Å²) >= 11 is 0. The van der Waals surface area contributed by atoms with E-state index >= 15 is 0 Å². The molecule has 1 saturated carbocycles. The highest BCUT2D eigenvalue weighted by molar-refractivity contribution is 5.70. The molecular formula is C34H40O. The van der Waals surface area contributed by atoms with Gasteiger partial charge in [0.05, 0.1) is 13.2 Å². The van der Waals surface area contributed by atoms with Gasteiger partial charge in [-0.1, -0.05) is 91.4 Å². The van der Waals surface area contributed by atoms with Crippen molar-refractivity contribution in [2.24, 2.45) is 5.92 Å². The van der Waals surface area contributed by atoms with Crippen LogP contribution < -0.4 is 0 Å². The maximum atomic E-state index is 5.67. The van der Waals surface area contributed by atoms with Crippen molar-refractivity contribution in [3.8, 4) is 22.3 Å². The van der Waals surface area contributed by atoms with Gasteiger partial charge in [0.2, 0.25) is 0 Å². The minimum Gasteiger partial charge on any atom is -0.376 e. The van der Waals surface area contributed by atoms with Crippen LogP contribution >= 0.6 is 0 Å². The lowest BCUT2D eigenvalue weighted by Crippen LogP contribution is -2.13. The Morgan fingerprint density at radius 2 is 1.17 bits per heavy atom. The molecule has 0 bridgehead atoms. The van der Waals surface area contributed by atoms with Gasteiger partial charge in [0.15, 0.2) is 0 Å². The molecule has 35 heavy (non-hydrogen) atoms. The van der Waals surface area contributed by atoms with Gasteiger partial charge in [-0.05, 0) is 90.2 Å². The molecular weight excluding hydrogens is 424 g/mol. The second-order valence-electron chi connectivity index (χ2n) is 9.96. The summed E-state index contributed by atoms with van der Waals surface area (Å²) in [6.45, 7) is 8.96. The van der Waals surface area contributed by atoms with Crippen LogP contribution in [0.1, 0.15) is 68.4 Å². The fourth-order valence-electron chi connectivity index (χ4n) is 5.29. The number of allylic oxidation sites excluding steroid dienone is 1. The van der Waals surface area contributed by atoms with Crippen LogP contribution in [-0.4, -0.2) is 6.61 Å². The van der Waals surface area contributed by atoms with E-state index in [9.17, 15) is 0 Å². The van der Waals surface area contributed by atoms with E-state index in [1.165, 1.54) is 78.3 Å². The minimum atomic E-state index is 0.653. The summed E-state index contributed by atoms with van der Waals surface area (Å²) in [5.74, 6) is 1.66. The van der Waals surface area contributed by atoms with E-state index in [4.69, 9.17) is 4.74 Å². The Bertz CT molecular complexity index is 1040. The van der Waals surface area contributed by atoms with Gasteiger partial charge < -0.3 is 4.74 Å². The lowest BCUT2D eigenvalue weighted by Gasteiger charge is -2.29. The van der Waals surface area contributed by atoms with Crippen LogP contribution in [0, 0.1) is 5.92 Å². The molecule has 0 radical (unpaired) electrons. The summed E-state index contributed by atoms with van der Waals surface area (Å²) in [7, 11) is 0. The second kappa shape index (κ2) is 13.3. The van der Waals surface area contributed by atoms with Crippen molar-refractivity contribution in [1.82, 2.24) is 0 Å². The molecule has 0 unspecified atom stereocenters. The highest BCUT2D eigenvalue weighted by Crippen LogP contribution is 2.38. The Morgan fingerprint density at radius 1 is 0.657 bits per heavy atom. The summed E-state index contributed by atoms with van der Waals surface area (Å²) in [5.41, 5.74) is 7.78. The van der Waals surface area contributed by atoms with Crippen molar-refractivity contribution in [3.63, 3.8) is 0 Å². The molecule has 0 N–H and O–H groups in total. The largest absolute Gasteiger partial charge is 0.376 e. The molecule has 1 aliphatic carbocycles. The highest BCUT2D eigenvalue weighted by Gasteiger charge is 2.22. The zero-order chi connectivity index (χ0) is 24.3. The third kappa shape index (κ3) is 7.29. The Balaban J connectivity index is 1.31. The number of hydrogen-bond donors (Lipinski definition) is 0. The van der Waals surface area contributed by atoms with Gasteiger partial charge in [-0.2, -0.15) is 0 Å². The molecule has 1 aliphatic rings. The first-order chi connectivity index (χ1) is 17.3. The maximum Gasteiger partial charge on any atom is 0.0717 e. The average molecular weight is 465 g/mol. The van der Waals surface area contributed by atoms with Crippen molar-refractivity contribution < 1.29 is 4.74 Å². The Kier molecular flexibility index (Phi) is 9.55. The third-order valence-electron chi connectivity index (χ3n) is 7.49. The van der Waals surface area contributed by atoms with Gasteiger partial charge in [0.1, 0.15) is 0 Å². The monoisotopic (exact) mass is 464 g/mol. The Hall–Kier alpha value is -2.90. The van der Waals surface area contributed by atoms with Crippen molar-refractivity contribution in [2.75, 3.05) is 6.61 Å². The van der Waals surface area contributed by atoms with Crippen LogP contribution in [0.3, 0.4) is 0 Å². The van der Waals surface area contributed by atoms with Crippen LogP contribution in [0.15, 0.2) is 98.1 Å². The first-order valence-corrected chi connectivity index (χ1v) is 13.4. The van der Waals surface area contributed by atoms with Crippen molar-refractivity contribution in [2.45, 2.75) is 63.9 Å². The van der Waals surface area contributed by atoms with Gasteiger partial charge in [0, 0.05) is 0 Å². The minimum absolute atomic E-state index is 0.653. The van der Waals surface area contributed by atoms with Crippen molar-refractivity contribution in [3.05, 3.63) is 109 Å². The zero-order valence-electron chi connectivity index (χ0n) is 21.1. The number of ether oxygens (including phenoxy) is 1. The molecule has 3 aromatic carbocycles. The highest BCUT2D eigenvalue weighted by atomic mass is 16.5. The molecule has 0 spiro atoms. The van der Waals surface area contributed by atoms with Crippen LogP contribution in [0.25, 0.3) is 22.3 Å². The first-order valence-electron chi connectivity index (χ1n) is 13.4. The Labute approximate surface area is 212 Å². The Morgan fingerprint density at radius 3 is 1.71 bits per heavy atom. The fraction of sp³-hybridized carbons (Fsp3) is 0.353. The maximum absolute atomic E-state index is 5.67. The number of rotatable bonds is 12. The first kappa shape index (κ1) is 25.2. The van der Waals surface area contributed by atoms with Crippen molar-refractivity contribution in [1.29, 1.82) is 0 Å². The molecule has 1 fully saturated rings. The smallest absolute Gasteiger partial charge is 0.0717 e. The van der Waals surface area contributed by atoms with Crippen molar-refractivity contribution >= 4 is 0 Å². The molecule has 182 valence electrons. The zero-order valence-corrected chi connectivity index (χ0v) is 21.1. The van der Waals surface area contributed by atoms with Crippen LogP contribution in [0.4, 0.5) is 0 Å². The second-order valence-corrected chi connectivity index (χ2v) is 9.96. The summed E-state index contributed by atoms with van der Waals surface area (Å²) in [5, 5.41) is 0. The standard InChI is InChI=1S/C34H40O/c1-3-5-7-8-27-9-13-29(14-10-27)31-17-21-33(22-18-31)34-23-19-32(20-24-34)30-15-11-28(12-16-30)26-35-25-6-4-2/h3-4,11-12,15-24,27,29H,1-2,5-10,13-14,25-26H2/t27-,29-.